The largest absolute Gasteiger partial charge is 0.333 e. The number of carbonyl (C=O) groups excluding carboxylic acids is 2. The lowest BCUT2D eigenvalue weighted by Crippen LogP contribution is -2.39. The molecule has 0 spiro atoms. The molecule has 1 N–H and O–H groups in total. The van der Waals surface area contributed by atoms with Crippen LogP contribution in [-0.4, -0.2) is 39.6 Å². The summed E-state index contributed by atoms with van der Waals surface area (Å²) >= 11 is 6.44. The van der Waals surface area contributed by atoms with E-state index < -0.39 is 0 Å². The molecule has 0 bridgehead atoms. The zero-order valence-corrected chi connectivity index (χ0v) is 20.3. The molecule has 0 unspecified atom stereocenters. The molecule has 0 fully saturated rings. The van der Waals surface area contributed by atoms with Gasteiger partial charge in [-0.25, -0.2) is 4.68 Å². The first-order valence-corrected chi connectivity index (χ1v) is 11.9. The fourth-order valence-corrected chi connectivity index (χ4v) is 4.04. The number of halogens is 1. The summed E-state index contributed by atoms with van der Waals surface area (Å²) in [6.45, 7) is 2.44. The summed E-state index contributed by atoms with van der Waals surface area (Å²) in [7, 11) is 0. The van der Waals surface area contributed by atoms with Crippen LogP contribution in [0.1, 0.15) is 18.9 Å². The van der Waals surface area contributed by atoms with E-state index in [2.05, 4.69) is 5.32 Å². The molecule has 0 saturated carbocycles. The van der Waals surface area contributed by atoms with Crippen molar-refractivity contribution >= 4 is 29.2 Å². The molecular weight excluding hydrogens is 460 g/mol. The Labute approximate surface area is 210 Å². The average Bonchev–Trinajstić information content (AvgIpc) is 3.28. The number of para-hydroxylation sites is 1. The number of amides is 2. The molecule has 0 atom stereocenters. The molecule has 0 aliphatic rings. The molecule has 0 radical (unpaired) electrons. The second-order valence-corrected chi connectivity index (χ2v) is 8.58. The first-order chi connectivity index (χ1) is 17.0. The third-order valence-corrected chi connectivity index (χ3v) is 5.83. The summed E-state index contributed by atoms with van der Waals surface area (Å²) in [6.07, 6.45) is 1.01. The molecule has 6 nitrogen and oxygen atoms in total. The van der Waals surface area contributed by atoms with E-state index in [1.165, 1.54) is 0 Å². The van der Waals surface area contributed by atoms with Crippen molar-refractivity contribution in [2.24, 2.45) is 0 Å². The molecule has 3 aromatic carbocycles. The number of nitrogens with one attached hydrogen (secondary N) is 1. The van der Waals surface area contributed by atoms with Gasteiger partial charge in [-0.3, -0.25) is 9.59 Å². The smallest absolute Gasteiger partial charge is 0.245 e. The van der Waals surface area contributed by atoms with Crippen LogP contribution in [0.5, 0.6) is 0 Å². The van der Waals surface area contributed by atoms with Gasteiger partial charge in [0, 0.05) is 18.2 Å². The van der Waals surface area contributed by atoms with Gasteiger partial charge in [-0.15, -0.1) is 0 Å². The Morgan fingerprint density at radius 3 is 2.29 bits per heavy atom. The molecule has 4 aromatic rings. The molecule has 2 amide bonds. The van der Waals surface area contributed by atoms with Gasteiger partial charge in [-0.2, -0.15) is 5.10 Å². The number of nitrogens with zero attached hydrogens (tertiary/aromatic N) is 3. The molecule has 35 heavy (non-hydrogen) atoms. The Hall–Kier alpha value is -3.90. The molecule has 0 saturated heterocycles. The van der Waals surface area contributed by atoms with Gasteiger partial charge in [0.05, 0.1) is 29.4 Å². The van der Waals surface area contributed by atoms with E-state index in [-0.39, 0.29) is 24.8 Å². The Morgan fingerprint density at radius 2 is 1.60 bits per heavy atom. The van der Waals surface area contributed by atoms with Crippen molar-refractivity contribution in [3.63, 3.8) is 0 Å². The van der Waals surface area contributed by atoms with E-state index in [1.54, 1.807) is 15.6 Å². The number of hydrogen-bond donors (Lipinski definition) is 1. The van der Waals surface area contributed by atoms with E-state index in [0.29, 0.717) is 28.8 Å². The van der Waals surface area contributed by atoms with Gasteiger partial charge in [0.2, 0.25) is 11.8 Å². The fraction of sp³-hybridized carbons (Fsp3) is 0.179. The van der Waals surface area contributed by atoms with E-state index in [9.17, 15) is 9.59 Å². The Balaban J connectivity index is 1.57. The monoisotopic (exact) mass is 486 g/mol. The van der Waals surface area contributed by atoms with Gasteiger partial charge in [0.15, 0.2) is 0 Å². The lowest BCUT2D eigenvalue weighted by atomic mass is 10.1. The second kappa shape index (κ2) is 11.5. The van der Waals surface area contributed by atoms with Crippen molar-refractivity contribution in [3.05, 3.63) is 102 Å². The van der Waals surface area contributed by atoms with Crippen molar-refractivity contribution in [2.75, 3.05) is 18.4 Å². The number of hydrogen-bond acceptors (Lipinski definition) is 3. The molecule has 178 valence electrons. The highest BCUT2D eigenvalue weighted by Gasteiger charge is 2.20. The summed E-state index contributed by atoms with van der Waals surface area (Å²) in [5.74, 6) is 0.0966. The van der Waals surface area contributed by atoms with Gasteiger partial charge in [-0.05, 0) is 24.1 Å². The van der Waals surface area contributed by atoms with Crippen molar-refractivity contribution in [3.8, 4) is 16.9 Å². The number of rotatable bonds is 9. The van der Waals surface area contributed by atoms with E-state index in [0.717, 1.165) is 17.5 Å². The van der Waals surface area contributed by atoms with Crippen molar-refractivity contribution in [2.45, 2.75) is 19.8 Å². The summed E-state index contributed by atoms with van der Waals surface area (Å²) < 4.78 is 1.62. The zero-order valence-electron chi connectivity index (χ0n) is 19.5. The maximum Gasteiger partial charge on any atom is 0.245 e. The van der Waals surface area contributed by atoms with Gasteiger partial charge >= 0.3 is 0 Å². The minimum atomic E-state index is -0.298. The van der Waals surface area contributed by atoms with Crippen molar-refractivity contribution in [1.29, 1.82) is 0 Å². The van der Waals surface area contributed by atoms with E-state index >= 15 is 0 Å². The van der Waals surface area contributed by atoms with Gasteiger partial charge in [-0.1, -0.05) is 91.3 Å². The predicted molar refractivity (Wildman–Crippen MR) is 140 cm³/mol. The Morgan fingerprint density at radius 1 is 0.943 bits per heavy atom. The molecule has 4 rings (SSSR count). The third kappa shape index (κ3) is 6.16. The van der Waals surface area contributed by atoms with Crippen LogP contribution in [0, 0.1) is 0 Å². The maximum atomic E-state index is 13.1. The number of carbonyl (C=O) groups is 2. The lowest BCUT2D eigenvalue weighted by molar-refractivity contribution is -0.134. The lowest BCUT2D eigenvalue weighted by Gasteiger charge is -2.22. The summed E-state index contributed by atoms with van der Waals surface area (Å²) in [5.41, 5.74) is 3.19. The summed E-state index contributed by atoms with van der Waals surface area (Å²) in [6, 6.07) is 28.4. The first kappa shape index (κ1) is 24.2. The standard InChI is InChI=1S/C28H27ClN4O2/c1-2-17-32(28(35)18-21-11-5-3-6-12-21)20-27(34)30-26-19-24(22-13-7-4-8-14-22)31-33(26)25-16-10-9-15-23(25)29/h3-16,19H,2,17-18,20H2,1H3,(H,30,34). The molecule has 1 heterocycles. The SMILES string of the molecule is CCCN(CC(=O)Nc1cc(-c2ccccc2)nn1-c1ccccc1Cl)C(=O)Cc1ccccc1. The molecule has 0 aliphatic heterocycles. The van der Waals surface area contributed by atoms with Crippen LogP contribution in [0.3, 0.4) is 0 Å². The molecular formula is C28H27ClN4O2. The number of anilines is 1. The highest BCUT2D eigenvalue weighted by molar-refractivity contribution is 6.32. The minimum absolute atomic E-state index is 0.0477. The molecule has 7 heteroatoms. The van der Waals surface area contributed by atoms with Crippen molar-refractivity contribution in [1.82, 2.24) is 14.7 Å². The first-order valence-electron chi connectivity index (χ1n) is 11.6. The van der Waals surface area contributed by atoms with Gasteiger partial charge in [0.1, 0.15) is 5.82 Å². The quantitative estimate of drug-likeness (QED) is 0.334. The Bertz CT molecular complexity index is 1290. The van der Waals surface area contributed by atoms with Crippen LogP contribution >= 0.6 is 11.6 Å². The van der Waals surface area contributed by atoms with Gasteiger partial charge in [0.25, 0.3) is 0 Å². The van der Waals surface area contributed by atoms with Gasteiger partial charge < -0.3 is 10.2 Å². The molecule has 0 aliphatic carbocycles. The topological polar surface area (TPSA) is 67.2 Å². The highest BCUT2D eigenvalue weighted by atomic mass is 35.5. The number of benzene rings is 3. The minimum Gasteiger partial charge on any atom is -0.333 e. The van der Waals surface area contributed by atoms with E-state index in [4.69, 9.17) is 16.7 Å². The number of aromatic nitrogens is 2. The summed E-state index contributed by atoms with van der Waals surface area (Å²) in [4.78, 5) is 27.6. The average molecular weight is 487 g/mol. The van der Waals surface area contributed by atoms with Crippen LogP contribution < -0.4 is 5.32 Å². The molecule has 1 aromatic heterocycles. The van der Waals surface area contributed by atoms with Crippen LogP contribution in [0.2, 0.25) is 5.02 Å². The predicted octanol–water partition coefficient (Wildman–Crippen LogP) is 5.61. The second-order valence-electron chi connectivity index (χ2n) is 8.17. The highest BCUT2D eigenvalue weighted by Crippen LogP contribution is 2.28. The summed E-state index contributed by atoms with van der Waals surface area (Å²) in [5, 5.41) is 8.16. The third-order valence-electron chi connectivity index (χ3n) is 5.51. The normalized spacial score (nSPS) is 10.7. The van der Waals surface area contributed by atoms with Crippen LogP contribution in [0.4, 0.5) is 5.82 Å². The zero-order chi connectivity index (χ0) is 24.6. The maximum absolute atomic E-state index is 13.1. The van der Waals surface area contributed by atoms with Crippen LogP contribution in [-0.2, 0) is 16.0 Å². The van der Waals surface area contributed by atoms with E-state index in [1.807, 2.05) is 91.9 Å². The van der Waals surface area contributed by atoms with Crippen LogP contribution in [0.25, 0.3) is 16.9 Å². The Kier molecular flexibility index (Phi) is 7.95. The fourth-order valence-electron chi connectivity index (χ4n) is 3.83. The van der Waals surface area contributed by atoms with Crippen LogP contribution in [0.15, 0.2) is 91.0 Å². The van der Waals surface area contributed by atoms with Crippen molar-refractivity contribution < 1.29 is 9.59 Å².